The van der Waals surface area contributed by atoms with Crippen molar-refractivity contribution in [3.05, 3.63) is 97.9 Å². The SMILES string of the molecule is Cn1ccc(NC(=O)C2NC(CC(C)(C)CCO)C(N)(c3ccc(Cl)cc3F)C2c2cccc(Cl)c2F)cc1=O. The summed E-state index contributed by atoms with van der Waals surface area (Å²) in [5.41, 5.74) is 5.01. The molecule has 4 unspecified atom stereocenters. The molecule has 1 aliphatic rings. The van der Waals surface area contributed by atoms with Gasteiger partial charge in [0.1, 0.15) is 11.6 Å². The molecule has 0 spiro atoms. The Labute approximate surface area is 241 Å². The minimum atomic E-state index is -1.66. The number of halogens is 4. The highest BCUT2D eigenvalue weighted by atomic mass is 35.5. The first-order valence-corrected chi connectivity index (χ1v) is 13.6. The number of aryl methyl sites for hydroxylation is 1. The van der Waals surface area contributed by atoms with Gasteiger partial charge in [-0.2, -0.15) is 0 Å². The molecular formula is C29H32Cl2F2N4O3. The Kier molecular flexibility index (Phi) is 8.73. The largest absolute Gasteiger partial charge is 0.396 e. The fourth-order valence-electron chi connectivity index (χ4n) is 5.60. The highest BCUT2D eigenvalue weighted by Crippen LogP contribution is 2.50. The summed E-state index contributed by atoms with van der Waals surface area (Å²) in [6.45, 7) is 3.75. The predicted octanol–water partition coefficient (Wildman–Crippen LogP) is 4.69. The number of anilines is 1. The molecule has 3 aromatic rings. The van der Waals surface area contributed by atoms with Crippen LogP contribution in [-0.4, -0.2) is 34.3 Å². The van der Waals surface area contributed by atoms with Gasteiger partial charge in [0.05, 0.1) is 16.6 Å². The standard InChI is InChI=1S/C29H32Cl2F2N4O3/c1-28(2,10-12-38)15-22-29(34,19-8-7-16(30)13-21(19)32)24(18-5-4-6-20(31)25(18)33)26(36-22)27(40)35-17-9-11-37(3)23(39)14-17/h4-9,11,13-14,22,24,26,36,38H,10,12,15,34H2,1-3H3,(H,35,40). The van der Waals surface area contributed by atoms with Gasteiger partial charge in [0, 0.05) is 54.2 Å². The van der Waals surface area contributed by atoms with Crippen molar-refractivity contribution in [1.82, 2.24) is 9.88 Å². The van der Waals surface area contributed by atoms with Gasteiger partial charge in [0.2, 0.25) is 5.91 Å². The molecular weight excluding hydrogens is 561 g/mol. The third kappa shape index (κ3) is 5.80. The van der Waals surface area contributed by atoms with Crippen LogP contribution in [0.1, 0.15) is 43.7 Å². The predicted molar refractivity (Wildman–Crippen MR) is 153 cm³/mol. The summed E-state index contributed by atoms with van der Waals surface area (Å²) in [6, 6.07) is 9.35. The lowest BCUT2D eigenvalue weighted by Gasteiger charge is -2.40. The maximum Gasteiger partial charge on any atom is 0.252 e. The smallest absolute Gasteiger partial charge is 0.252 e. The molecule has 1 fully saturated rings. The number of nitrogens with two attached hydrogens (primary N) is 1. The average Bonchev–Trinajstić information content (AvgIpc) is 3.15. The van der Waals surface area contributed by atoms with Crippen LogP contribution in [0.5, 0.6) is 0 Å². The van der Waals surface area contributed by atoms with E-state index >= 15 is 8.78 Å². The molecule has 4 rings (SSSR count). The molecule has 40 heavy (non-hydrogen) atoms. The zero-order valence-electron chi connectivity index (χ0n) is 22.3. The average molecular weight is 594 g/mol. The van der Waals surface area contributed by atoms with Crippen LogP contribution in [0.15, 0.2) is 59.5 Å². The van der Waals surface area contributed by atoms with Crippen molar-refractivity contribution >= 4 is 34.8 Å². The molecule has 0 radical (unpaired) electrons. The number of aromatic nitrogens is 1. The van der Waals surface area contributed by atoms with Gasteiger partial charge in [-0.15, -0.1) is 0 Å². The summed E-state index contributed by atoms with van der Waals surface area (Å²) in [6.07, 6.45) is 2.22. The van der Waals surface area contributed by atoms with Gasteiger partial charge in [-0.1, -0.05) is 55.2 Å². The van der Waals surface area contributed by atoms with Gasteiger partial charge < -0.3 is 26.0 Å². The summed E-state index contributed by atoms with van der Waals surface area (Å²) < 4.78 is 32.7. The summed E-state index contributed by atoms with van der Waals surface area (Å²) in [7, 11) is 1.58. The lowest BCUT2D eigenvalue weighted by Crippen LogP contribution is -2.52. The molecule has 2 heterocycles. The topological polar surface area (TPSA) is 109 Å². The number of aliphatic hydroxyl groups is 1. The van der Waals surface area contributed by atoms with E-state index in [2.05, 4.69) is 10.6 Å². The first-order chi connectivity index (χ1) is 18.8. The number of nitrogens with zero attached hydrogens (tertiary/aromatic N) is 1. The van der Waals surface area contributed by atoms with Crippen LogP contribution in [0.2, 0.25) is 10.0 Å². The van der Waals surface area contributed by atoms with Gasteiger partial charge in [-0.05, 0) is 48.1 Å². The Morgan fingerprint density at radius 1 is 1.20 bits per heavy atom. The van der Waals surface area contributed by atoms with Crippen molar-refractivity contribution in [1.29, 1.82) is 0 Å². The van der Waals surface area contributed by atoms with Crippen molar-refractivity contribution in [2.45, 2.75) is 50.2 Å². The lowest BCUT2D eigenvalue weighted by molar-refractivity contribution is -0.118. The Morgan fingerprint density at radius 2 is 1.93 bits per heavy atom. The van der Waals surface area contributed by atoms with E-state index < -0.39 is 46.5 Å². The molecule has 1 amide bonds. The number of nitrogens with one attached hydrogen (secondary N) is 2. The molecule has 11 heteroatoms. The van der Waals surface area contributed by atoms with E-state index in [-0.39, 0.29) is 39.0 Å². The van der Waals surface area contributed by atoms with Crippen LogP contribution in [0, 0.1) is 17.0 Å². The maximum atomic E-state index is 15.7. The number of rotatable bonds is 8. The second-order valence-electron chi connectivity index (χ2n) is 11.1. The third-order valence-electron chi connectivity index (χ3n) is 7.72. The molecule has 1 aromatic heterocycles. The summed E-state index contributed by atoms with van der Waals surface area (Å²) in [5, 5.41) is 15.6. The summed E-state index contributed by atoms with van der Waals surface area (Å²) in [4.78, 5) is 26.0. The van der Waals surface area contributed by atoms with Gasteiger partial charge in [0.25, 0.3) is 5.56 Å². The molecule has 1 saturated heterocycles. The first kappa shape index (κ1) is 30.1. The second kappa shape index (κ2) is 11.6. The Bertz CT molecular complexity index is 1480. The molecule has 2 aromatic carbocycles. The zero-order chi connectivity index (χ0) is 29.4. The van der Waals surface area contributed by atoms with E-state index in [0.29, 0.717) is 12.8 Å². The van der Waals surface area contributed by atoms with Crippen LogP contribution in [0.25, 0.3) is 0 Å². The quantitative estimate of drug-likeness (QED) is 0.303. The number of hydrogen-bond acceptors (Lipinski definition) is 5. The van der Waals surface area contributed by atoms with Crippen molar-refractivity contribution in [2.75, 3.05) is 11.9 Å². The van der Waals surface area contributed by atoms with Gasteiger partial charge in [-0.3, -0.25) is 9.59 Å². The van der Waals surface area contributed by atoms with Gasteiger partial charge in [-0.25, -0.2) is 8.78 Å². The fraction of sp³-hybridized carbons (Fsp3) is 0.379. The Hall–Kier alpha value is -2.82. The fourth-order valence-corrected chi connectivity index (χ4v) is 5.94. The van der Waals surface area contributed by atoms with Crippen molar-refractivity contribution < 1.29 is 18.7 Å². The minimum Gasteiger partial charge on any atom is -0.396 e. The number of aliphatic hydroxyl groups excluding tert-OH is 1. The number of pyridine rings is 1. The van der Waals surface area contributed by atoms with Gasteiger partial charge in [0.15, 0.2) is 0 Å². The number of carbonyl (C=O) groups is 1. The van der Waals surface area contributed by atoms with E-state index in [9.17, 15) is 14.7 Å². The van der Waals surface area contributed by atoms with Crippen LogP contribution >= 0.6 is 23.2 Å². The number of benzene rings is 2. The number of amides is 1. The lowest BCUT2D eigenvalue weighted by atomic mass is 9.67. The summed E-state index contributed by atoms with van der Waals surface area (Å²) >= 11 is 12.2. The second-order valence-corrected chi connectivity index (χ2v) is 11.9. The normalized spacial score (nSPS) is 22.9. The van der Waals surface area contributed by atoms with Crippen molar-refractivity contribution in [2.24, 2.45) is 18.2 Å². The van der Waals surface area contributed by atoms with Crippen LogP contribution < -0.4 is 21.9 Å². The molecule has 214 valence electrons. The van der Waals surface area contributed by atoms with Crippen LogP contribution in [-0.2, 0) is 17.4 Å². The first-order valence-electron chi connectivity index (χ1n) is 12.8. The van der Waals surface area contributed by atoms with Gasteiger partial charge >= 0.3 is 0 Å². The van der Waals surface area contributed by atoms with E-state index in [1.807, 2.05) is 13.8 Å². The number of carbonyl (C=O) groups excluding carboxylic acids is 1. The molecule has 0 aliphatic carbocycles. The molecule has 0 bridgehead atoms. The summed E-state index contributed by atoms with van der Waals surface area (Å²) in [5.74, 6) is -3.21. The Balaban J connectivity index is 1.91. The van der Waals surface area contributed by atoms with Crippen molar-refractivity contribution in [3.63, 3.8) is 0 Å². The van der Waals surface area contributed by atoms with Crippen LogP contribution in [0.4, 0.5) is 14.5 Å². The van der Waals surface area contributed by atoms with Crippen LogP contribution in [0.3, 0.4) is 0 Å². The molecule has 7 nitrogen and oxygen atoms in total. The molecule has 4 atom stereocenters. The van der Waals surface area contributed by atoms with E-state index in [1.165, 1.54) is 47.2 Å². The highest BCUT2D eigenvalue weighted by Gasteiger charge is 2.58. The number of hydrogen-bond donors (Lipinski definition) is 4. The monoisotopic (exact) mass is 592 g/mol. The maximum absolute atomic E-state index is 15.7. The molecule has 0 saturated carbocycles. The van der Waals surface area contributed by atoms with Crippen molar-refractivity contribution in [3.8, 4) is 0 Å². The molecule has 1 aliphatic heterocycles. The minimum absolute atomic E-state index is 0.0310. The van der Waals surface area contributed by atoms with E-state index in [4.69, 9.17) is 28.9 Å². The van der Waals surface area contributed by atoms with E-state index in [0.717, 1.165) is 6.07 Å². The zero-order valence-corrected chi connectivity index (χ0v) is 23.9. The Morgan fingerprint density at radius 3 is 2.58 bits per heavy atom. The van der Waals surface area contributed by atoms with E-state index in [1.54, 1.807) is 13.1 Å². The molecule has 5 N–H and O–H groups in total. The third-order valence-corrected chi connectivity index (χ3v) is 8.25. The highest BCUT2D eigenvalue weighted by molar-refractivity contribution is 6.31.